The SMILES string of the molecule is FC1CCC2CCCCNC3CNN4CCC(NC34)N3CCC[C@H]3C2C1. The molecule has 0 aromatic rings. The van der Waals surface area contributed by atoms with Crippen LogP contribution in [0.4, 0.5) is 4.39 Å². The van der Waals surface area contributed by atoms with Crippen molar-refractivity contribution < 1.29 is 4.39 Å². The maximum Gasteiger partial charge on any atom is 0.100 e. The standard InChI is InChI=1S/C20H36FN5/c21-15-7-6-14-4-1-2-9-22-17-13-23-26-11-8-19(24-20(17)26)25-10-3-5-18(25)16(14)12-15/h14-20,22-24H,1-13H2/t14?,15?,16?,17?,18-,19?,20?/m0/s1. The third-order valence-corrected chi connectivity index (χ3v) is 7.87. The number of hydrogen-bond donors (Lipinski definition) is 3. The maximum atomic E-state index is 14.3. The summed E-state index contributed by atoms with van der Waals surface area (Å²) in [5.74, 6) is 1.32. The lowest BCUT2D eigenvalue weighted by Crippen LogP contribution is -2.65. The molecule has 5 aliphatic rings. The second-order valence-electron chi connectivity index (χ2n) is 9.31. The molecule has 148 valence electrons. The topological polar surface area (TPSA) is 42.6 Å². The van der Waals surface area contributed by atoms with Gasteiger partial charge in [-0.1, -0.05) is 12.8 Å². The third-order valence-electron chi connectivity index (χ3n) is 7.87. The average molecular weight is 366 g/mol. The molecule has 7 atom stereocenters. The van der Waals surface area contributed by atoms with E-state index in [1.807, 2.05) is 0 Å². The minimum atomic E-state index is -0.561. The molecule has 0 amide bonds. The molecule has 0 aromatic carbocycles. The summed E-state index contributed by atoms with van der Waals surface area (Å²) in [6, 6.07) is 1.10. The predicted octanol–water partition coefficient (Wildman–Crippen LogP) is 1.81. The molecule has 4 aliphatic heterocycles. The molecule has 0 radical (unpaired) electrons. The zero-order chi connectivity index (χ0) is 17.5. The fourth-order valence-corrected chi connectivity index (χ4v) is 6.58. The number of nitrogens with one attached hydrogen (secondary N) is 3. The van der Waals surface area contributed by atoms with E-state index in [2.05, 4.69) is 26.0 Å². The molecule has 0 aromatic heterocycles. The lowest BCUT2D eigenvalue weighted by Gasteiger charge is -2.47. The van der Waals surface area contributed by atoms with E-state index in [1.54, 1.807) is 0 Å². The fourth-order valence-electron chi connectivity index (χ4n) is 6.58. The zero-order valence-corrected chi connectivity index (χ0v) is 16.0. The highest BCUT2D eigenvalue weighted by Gasteiger charge is 2.45. The van der Waals surface area contributed by atoms with E-state index in [0.717, 1.165) is 44.8 Å². The first-order chi connectivity index (χ1) is 12.8. The van der Waals surface area contributed by atoms with Gasteiger partial charge < -0.3 is 5.32 Å². The number of hydrazine groups is 1. The molecule has 4 heterocycles. The van der Waals surface area contributed by atoms with E-state index in [1.165, 1.54) is 45.1 Å². The Kier molecular flexibility index (Phi) is 5.22. The Morgan fingerprint density at radius 3 is 2.85 bits per heavy atom. The Hall–Kier alpha value is -0.270. The van der Waals surface area contributed by atoms with E-state index < -0.39 is 6.17 Å². The molecular formula is C20H36FN5. The van der Waals surface area contributed by atoms with Gasteiger partial charge in [-0.25, -0.2) is 9.40 Å². The number of rotatable bonds is 0. The highest BCUT2D eigenvalue weighted by molar-refractivity contribution is 4.99. The van der Waals surface area contributed by atoms with Crippen LogP contribution in [0.15, 0.2) is 0 Å². The molecule has 0 spiro atoms. The van der Waals surface area contributed by atoms with E-state index >= 15 is 0 Å². The van der Waals surface area contributed by atoms with Crippen molar-refractivity contribution in [2.45, 2.75) is 88.4 Å². The van der Waals surface area contributed by atoms with E-state index in [4.69, 9.17) is 0 Å². The highest BCUT2D eigenvalue weighted by Crippen LogP contribution is 2.42. The molecule has 3 N–H and O–H groups in total. The van der Waals surface area contributed by atoms with Crippen LogP contribution in [-0.4, -0.2) is 66.7 Å². The Labute approximate surface area is 157 Å². The van der Waals surface area contributed by atoms with Crippen molar-refractivity contribution in [1.29, 1.82) is 0 Å². The fraction of sp³-hybridized carbons (Fsp3) is 1.00. The molecule has 5 rings (SSSR count). The van der Waals surface area contributed by atoms with Gasteiger partial charge in [0, 0.05) is 19.1 Å². The normalized spacial score (nSPS) is 48.1. The van der Waals surface area contributed by atoms with E-state index in [9.17, 15) is 4.39 Å². The van der Waals surface area contributed by atoms with Crippen molar-refractivity contribution in [1.82, 2.24) is 26.0 Å². The molecular weight excluding hydrogens is 329 g/mol. The van der Waals surface area contributed by atoms with Crippen molar-refractivity contribution >= 4 is 0 Å². The Bertz CT molecular complexity index is 491. The monoisotopic (exact) mass is 365 g/mol. The van der Waals surface area contributed by atoms with Crippen LogP contribution in [-0.2, 0) is 0 Å². The quantitative estimate of drug-likeness (QED) is 0.611. The molecule has 6 heteroatoms. The van der Waals surface area contributed by atoms with Gasteiger partial charge in [-0.15, -0.1) is 0 Å². The molecule has 1 aliphatic carbocycles. The van der Waals surface area contributed by atoms with Crippen molar-refractivity contribution in [3.63, 3.8) is 0 Å². The van der Waals surface area contributed by atoms with Gasteiger partial charge in [-0.2, -0.15) is 0 Å². The van der Waals surface area contributed by atoms with Crippen LogP contribution in [0.1, 0.15) is 57.8 Å². The van der Waals surface area contributed by atoms with Gasteiger partial charge in [-0.3, -0.25) is 15.6 Å². The zero-order valence-electron chi connectivity index (χ0n) is 16.0. The summed E-state index contributed by atoms with van der Waals surface area (Å²) in [6.45, 7) is 4.45. The molecule has 5 nitrogen and oxygen atoms in total. The summed E-state index contributed by atoms with van der Waals surface area (Å²) in [6.07, 6.45) is 10.6. The first kappa shape index (κ1) is 17.8. The molecule has 5 fully saturated rings. The molecule has 2 bridgehead atoms. The Morgan fingerprint density at radius 1 is 0.923 bits per heavy atom. The second-order valence-corrected chi connectivity index (χ2v) is 9.31. The molecule has 26 heavy (non-hydrogen) atoms. The first-order valence-electron chi connectivity index (χ1n) is 11.2. The van der Waals surface area contributed by atoms with Crippen LogP contribution in [0.2, 0.25) is 0 Å². The minimum absolute atomic E-state index is 0.395. The van der Waals surface area contributed by atoms with Crippen molar-refractivity contribution in [2.75, 3.05) is 26.2 Å². The number of nitrogens with zero attached hydrogens (tertiary/aromatic N) is 2. The number of halogens is 1. The van der Waals surface area contributed by atoms with Gasteiger partial charge in [-0.05, 0) is 69.9 Å². The number of alkyl halides is 1. The summed E-state index contributed by atoms with van der Waals surface area (Å²) in [5, 5.41) is 10.2. The number of fused-ring (bicyclic) bond motifs is 5. The first-order valence-corrected chi connectivity index (χ1v) is 11.2. The Balaban J connectivity index is 1.39. The summed E-state index contributed by atoms with van der Waals surface area (Å²) in [7, 11) is 0. The molecule has 4 saturated heterocycles. The highest BCUT2D eigenvalue weighted by atomic mass is 19.1. The van der Waals surface area contributed by atoms with Gasteiger partial charge in [0.1, 0.15) is 6.17 Å². The van der Waals surface area contributed by atoms with Crippen LogP contribution >= 0.6 is 0 Å². The lowest BCUT2D eigenvalue weighted by atomic mass is 9.71. The van der Waals surface area contributed by atoms with Gasteiger partial charge in [0.05, 0.1) is 18.4 Å². The minimum Gasteiger partial charge on any atom is -0.310 e. The largest absolute Gasteiger partial charge is 0.310 e. The summed E-state index contributed by atoms with van der Waals surface area (Å²) >= 11 is 0. The smallest absolute Gasteiger partial charge is 0.100 e. The van der Waals surface area contributed by atoms with Crippen LogP contribution in [0.3, 0.4) is 0 Å². The van der Waals surface area contributed by atoms with Gasteiger partial charge >= 0.3 is 0 Å². The maximum absolute atomic E-state index is 14.3. The lowest BCUT2D eigenvalue weighted by molar-refractivity contribution is -0.00877. The van der Waals surface area contributed by atoms with Crippen molar-refractivity contribution in [3.8, 4) is 0 Å². The molecule has 6 unspecified atom stereocenters. The summed E-state index contributed by atoms with van der Waals surface area (Å²) < 4.78 is 14.3. The van der Waals surface area contributed by atoms with Gasteiger partial charge in [0.15, 0.2) is 0 Å². The molecule has 1 saturated carbocycles. The Morgan fingerprint density at radius 2 is 1.88 bits per heavy atom. The van der Waals surface area contributed by atoms with Crippen LogP contribution in [0, 0.1) is 11.8 Å². The second kappa shape index (κ2) is 7.63. The van der Waals surface area contributed by atoms with Crippen LogP contribution in [0.25, 0.3) is 0 Å². The summed E-state index contributed by atoms with van der Waals surface area (Å²) in [4.78, 5) is 2.75. The third kappa shape index (κ3) is 3.32. The van der Waals surface area contributed by atoms with Gasteiger partial charge in [0.2, 0.25) is 0 Å². The van der Waals surface area contributed by atoms with E-state index in [-0.39, 0.29) is 0 Å². The van der Waals surface area contributed by atoms with E-state index in [0.29, 0.717) is 30.3 Å². The summed E-state index contributed by atoms with van der Waals surface area (Å²) in [5.41, 5.74) is 3.58. The van der Waals surface area contributed by atoms with Crippen molar-refractivity contribution in [3.05, 3.63) is 0 Å². The van der Waals surface area contributed by atoms with Crippen molar-refractivity contribution in [2.24, 2.45) is 11.8 Å². The predicted molar refractivity (Wildman–Crippen MR) is 101 cm³/mol. The van der Waals surface area contributed by atoms with Gasteiger partial charge in [0.25, 0.3) is 0 Å². The van der Waals surface area contributed by atoms with Crippen LogP contribution in [0.5, 0.6) is 0 Å². The van der Waals surface area contributed by atoms with Crippen LogP contribution < -0.4 is 16.1 Å². The number of hydrogen-bond acceptors (Lipinski definition) is 5. The average Bonchev–Trinajstić information content (AvgIpc) is 3.28.